The largest absolute Gasteiger partial charge is 0.502 e. The van der Waals surface area contributed by atoms with Crippen LogP contribution in [0.4, 0.5) is 4.39 Å². The molecule has 1 N–H and O–H groups in total. The highest BCUT2D eigenvalue weighted by Crippen LogP contribution is 2.47. The molecule has 3 aromatic rings. The number of benzene rings is 2. The Hall–Kier alpha value is -3.26. The summed E-state index contributed by atoms with van der Waals surface area (Å²) in [5, 5.41) is 12.7. The van der Waals surface area contributed by atoms with Crippen LogP contribution in [0.15, 0.2) is 64.4 Å². The number of carbonyl (C=O) groups is 1. The van der Waals surface area contributed by atoms with Crippen molar-refractivity contribution in [1.29, 1.82) is 0 Å². The number of piperidine rings is 1. The molecule has 1 aromatic heterocycles. The monoisotopic (exact) mass is 491 g/mol. The fourth-order valence-electron chi connectivity index (χ4n) is 5.67. The van der Waals surface area contributed by atoms with E-state index in [9.17, 15) is 14.7 Å². The van der Waals surface area contributed by atoms with Gasteiger partial charge < -0.3 is 10.0 Å². The van der Waals surface area contributed by atoms with Crippen LogP contribution in [-0.4, -0.2) is 33.3 Å². The summed E-state index contributed by atoms with van der Waals surface area (Å²) in [6, 6.07) is 13.8. The molecule has 2 aromatic carbocycles. The van der Waals surface area contributed by atoms with Crippen LogP contribution in [0.25, 0.3) is 0 Å². The molecule has 3 aliphatic heterocycles. The SMILES string of the molecule is CC1(C)CCN2C(=O)c3c(O)c(=O)ccn3N([C@@H]3c4ccccc4SCc4cccc(F)c43)C2C1. The van der Waals surface area contributed by atoms with Gasteiger partial charge in [0.25, 0.3) is 5.91 Å². The lowest BCUT2D eigenvalue weighted by atomic mass is 9.79. The first-order valence-electron chi connectivity index (χ1n) is 11.8. The maximum Gasteiger partial charge on any atom is 0.278 e. The first kappa shape index (κ1) is 22.2. The Morgan fingerprint density at radius 1 is 1.09 bits per heavy atom. The molecule has 0 spiro atoms. The van der Waals surface area contributed by atoms with Crippen LogP contribution in [-0.2, 0) is 5.75 Å². The van der Waals surface area contributed by atoms with Crippen molar-refractivity contribution in [2.45, 2.75) is 49.5 Å². The van der Waals surface area contributed by atoms with E-state index in [1.165, 1.54) is 18.3 Å². The van der Waals surface area contributed by atoms with Gasteiger partial charge in [-0.05, 0) is 41.5 Å². The van der Waals surface area contributed by atoms with Crippen molar-refractivity contribution < 1.29 is 14.3 Å². The molecule has 180 valence electrons. The van der Waals surface area contributed by atoms with Crippen LogP contribution in [0, 0.1) is 11.2 Å². The zero-order valence-electron chi connectivity index (χ0n) is 19.6. The van der Waals surface area contributed by atoms with Crippen LogP contribution >= 0.6 is 11.8 Å². The van der Waals surface area contributed by atoms with Crippen LogP contribution in [0.2, 0.25) is 0 Å². The van der Waals surface area contributed by atoms with Crippen molar-refractivity contribution in [2.24, 2.45) is 5.41 Å². The first-order chi connectivity index (χ1) is 16.8. The Balaban J connectivity index is 1.68. The second kappa shape index (κ2) is 7.88. The molecule has 0 saturated carbocycles. The number of aromatic nitrogens is 1. The third-order valence-electron chi connectivity index (χ3n) is 7.47. The molecule has 0 aliphatic carbocycles. The Kier molecular flexibility index (Phi) is 5.00. The number of hydrogen-bond acceptors (Lipinski definition) is 5. The van der Waals surface area contributed by atoms with Gasteiger partial charge in [-0.1, -0.05) is 44.2 Å². The van der Waals surface area contributed by atoms with Crippen LogP contribution in [0.1, 0.15) is 59.9 Å². The number of nitrogens with zero attached hydrogens (tertiary/aromatic N) is 3. The quantitative estimate of drug-likeness (QED) is 0.538. The van der Waals surface area contributed by atoms with Crippen LogP contribution in [0.5, 0.6) is 5.75 Å². The summed E-state index contributed by atoms with van der Waals surface area (Å²) >= 11 is 1.66. The number of halogens is 1. The van der Waals surface area contributed by atoms with Crippen molar-refractivity contribution in [2.75, 3.05) is 11.6 Å². The molecule has 3 aliphatic rings. The Labute approximate surface area is 207 Å². The van der Waals surface area contributed by atoms with Gasteiger partial charge in [-0.3, -0.25) is 19.3 Å². The van der Waals surface area contributed by atoms with Crippen molar-refractivity contribution in [1.82, 2.24) is 9.58 Å². The highest BCUT2D eigenvalue weighted by atomic mass is 32.2. The zero-order chi connectivity index (χ0) is 24.5. The minimum Gasteiger partial charge on any atom is -0.502 e. The smallest absolute Gasteiger partial charge is 0.278 e. The van der Waals surface area contributed by atoms with E-state index in [0.717, 1.165) is 22.4 Å². The van der Waals surface area contributed by atoms with E-state index in [4.69, 9.17) is 0 Å². The van der Waals surface area contributed by atoms with Gasteiger partial charge in [-0.25, -0.2) is 4.39 Å². The van der Waals surface area contributed by atoms with Crippen LogP contribution < -0.4 is 10.4 Å². The van der Waals surface area contributed by atoms with E-state index in [1.807, 2.05) is 35.3 Å². The molecule has 0 bridgehead atoms. The second-order valence-electron chi connectivity index (χ2n) is 10.2. The Bertz CT molecular complexity index is 1420. The molecule has 4 heterocycles. The van der Waals surface area contributed by atoms with E-state index in [1.54, 1.807) is 27.4 Å². The lowest BCUT2D eigenvalue weighted by Gasteiger charge is -2.54. The third kappa shape index (κ3) is 3.37. The van der Waals surface area contributed by atoms with Gasteiger partial charge in [0.2, 0.25) is 5.43 Å². The average Bonchev–Trinajstić information content (AvgIpc) is 2.99. The highest BCUT2D eigenvalue weighted by Gasteiger charge is 2.48. The van der Waals surface area contributed by atoms with Gasteiger partial charge in [0.05, 0.1) is 0 Å². The number of amides is 1. The molecule has 35 heavy (non-hydrogen) atoms. The number of hydrogen-bond donors (Lipinski definition) is 1. The molecule has 6 nitrogen and oxygen atoms in total. The van der Waals surface area contributed by atoms with Crippen molar-refractivity contribution >= 4 is 17.7 Å². The maximum atomic E-state index is 15.7. The fourth-order valence-corrected chi connectivity index (χ4v) is 6.76. The molecular formula is C27H26FN3O3S. The van der Waals surface area contributed by atoms with E-state index in [2.05, 4.69) is 13.8 Å². The molecule has 1 unspecified atom stereocenters. The molecule has 8 heteroatoms. The summed E-state index contributed by atoms with van der Waals surface area (Å²) in [7, 11) is 0. The molecule has 0 radical (unpaired) electrons. The number of carbonyl (C=O) groups excluding carboxylic acids is 1. The summed E-state index contributed by atoms with van der Waals surface area (Å²) < 4.78 is 17.3. The fraction of sp³-hybridized carbons (Fsp3) is 0.333. The predicted octanol–water partition coefficient (Wildman–Crippen LogP) is 4.63. The van der Waals surface area contributed by atoms with Gasteiger partial charge in [0, 0.05) is 35.0 Å². The molecule has 1 saturated heterocycles. The van der Waals surface area contributed by atoms with Gasteiger partial charge in [-0.2, -0.15) is 0 Å². The van der Waals surface area contributed by atoms with Gasteiger partial charge in [0.15, 0.2) is 11.4 Å². The Morgan fingerprint density at radius 3 is 2.71 bits per heavy atom. The molecular weight excluding hydrogens is 465 g/mol. The normalized spacial score (nSPS) is 22.5. The summed E-state index contributed by atoms with van der Waals surface area (Å²) in [4.78, 5) is 28.7. The van der Waals surface area contributed by atoms with Crippen molar-refractivity contribution in [3.63, 3.8) is 0 Å². The minimum atomic E-state index is -0.608. The van der Waals surface area contributed by atoms with Gasteiger partial charge in [-0.15, -0.1) is 11.8 Å². The summed E-state index contributed by atoms with van der Waals surface area (Å²) in [5.41, 5.74) is 1.66. The second-order valence-corrected chi connectivity index (χ2v) is 11.3. The zero-order valence-corrected chi connectivity index (χ0v) is 20.4. The molecule has 1 fully saturated rings. The lowest BCUT2D eigenvalue weighted by molar-refractivity contribution is 0.0243. The number of aromatic hydroxyl groups is 1. The number of pyridine rings is 1. The predicted molar refractivity (Wildman–Crippen MR) is 133 cm³/mol. The van der Waals surface area contributed by atoms with E-state index >= 15 is 4.39 Å². The molecule has 2 atom stereocenters. The van der Waals surface area contributed by atoms with Crippen molar-refractivity contribution in [3.8, 4) is 5.75 Å². The number of fused-ring (bicyclic) bond motifs is 4. The van der Waals surface area contributed by atoms with E-state index < -0.39 is 17.2 Å². The summed E-state index contributed by atoms with van der Waals surface area (Å²) in [5.74, 6) is -0.636. The van der Waals surface area contributed by atoms with Crippen molar-refractivity contribution in [3.05, 3.63) is 93.2 Å². The Morgan fingerprint density at radius 2 is 1.89 bits per heavy atom. The van der Waals surface area contributed by atoms with Gasteiger partial charge >= 0.3 is 0 Å². The number of rotatable bonds is 1. The first-order valence-corrected chi connectivity index (χ1v) is 12.8. The summed E-state index contributed by atoms with van der Waals surface area (Å²) in [6.45, 7) is 4.84. The third-order valence-corrected chi connectivity index (χ3v) is 8.61. The maximum absolute atomic E-state index is 15.7. The summed E-state index contributed by atoms with van der Waals surface area (Å²) in [6.07, 6.45) is 2.62. The highest BCUT2D eigenvalue weighted by molar-refractivity contribution is 7.98. The van der Waals surface area contributed by atoms with E-state index in [-0.39, 0.29) is 29.0 Å². The minimum absolute atomic E-state index is 0.0463. The standard InChI is InChI=1S/C27H26FN3O3S/c1-27(2)11-13-29-21(14-27)31(30-12-10-19(32)25(33)24(30)26(29)34)23-17-7-3-4-9-20(17)35-15-16-6-5-8-18(28)22(16)23/h3-10,12,21,23,33H,11,13-15H2,1-2H3/t21?,23-/m1/s1. The number of thioether (sulfide) groups is 1. The lowest BCUT2D eigenvalue weighted by Crippen LogP contribution is -2.65. The topological polar surface area (TPSA) is 65.8 Å². The van der Waals surface area contributed by atoms with Crippen LogP contribution in [0.3, 0.4) is 0 Å². The molecule has 6 rings (SSSR count). The molecule has 1 amide bonds. The van der Waals surface area contributed by atoms with Gasteiger partial charge in [0.1, 0.15) is 18.0 Å². The average molecular weight is 492 g/mol. The van der Waals surface area contributed by atoms with E-state index in [0.29, 0.717) is 24.3 Å².